The zero-order chi connectivity index (χ0) is 19.1. The molecule has 1 amide bonds. The monoisotopic (exact) mass is 540 g/mol. The summed E-state index contributed by atoms with van der Waals surface area (Å²) in [6.45, 7) is 2.67. The van der Waals surface area contributed by atoms with Crippen LogP contribution in [0.4, 0.5) is 0 Å². The molecular weight excluding hydrogens is 518 g/mol. The van der Waals surface area contributed by atoms with Crippen LogP contribution in [0.2, 0.25) is 10.0 Å². The summed E-state index contributed by atoms with van der Waals surface area (Å²) in [6, 6.07) is 9.32. The average Bonchev–Trinajstić information content (AvgIpc) is 3.10. The van der Waals surface area contributed by atoms with Crippen LogP contribution in [0, 0.1) is 0 Å². The number of amides is 1. The summed E-state index contributed by atoms with van der Waals surface area (Å²) in [7, 11) is 3.42. The number of hydrogen-bond donors (Lipinski definition) is 2. The van der Waals surface area contributed by atoms with Gasteiger partial charge in [0.05, 0.1) is 12.6 Å². The lowest BCUT2D eigenvalue weighted by Crippen LogP contribution is -2.39. The van der Waals surface area contributed by atoms with Crippen molar-refractivity contribution in [1.29, 1.82) is 0 Å². The van der Waals surface area contributed by atoms with Crippen molar-refractivity contribution in [3.05, 3.63) is 56.2 Å². The molecule has 1 aromatic heterocycles. The Labute approximate surface area is 191 Å². The fraction of sp³-hybridized carbons (Fsp3) is 0.333. The van der Waals surface area contributed by atoms with E-state index in [1.807, 2.05) is 30.5 Å². The minimum Gasteiger partial charge on any atom is -0.351 e. The maximum Gasteiger partial charge on any atom is 0.243 e. The van der Waals surface area contributed by atoms with E-state index >= 15 is 0 Å². The van der Waals surface area contributed by atoms with Crippen molar-refractivity contribution in [3.63, 3.8) is 0 Å². The van der Waals surface area contributed by atoms with Crippen LogP contribution >= 0.6 is 58.5 Å². The Hall–Kier alpha value is -1.03. The molecule has 5 nitrogen and oxygen atoms in total. The van der Waals surface area contributed by atoms with Gasteiger partial charge in [-0.3, -0.25) is 4.79 Å². The van der Waals surface area contributed by atoms with Crippen molar-refractivity contribution in [2.75, 3.05) is 20.6 Å². The Kier molecular flexibility index (Phi) is 10.4. The predicted octanol–water partition coefficient (Wildman–Crippen LogP) is 4.56. The quantitative estimate of drug-likeness (QED) is 0.321. The van der Waals surface area contributed by atoms with Gasteiger partial charge >= 0.3 is 0 Å². The van der Waals surface area contributed by atoms with E-state index in [9.17, 15) is 4.79 Å². The molecule has 0 bridgehead atoms. The van der Waals surface area contributed by atoms with Gasteiger partial charge in [0.2, 0.25) is 5.91 Å². The number of rotatable bonds is 6. The second kappa shape index (κ2) is 11.7. The fourth-order valence-corrected chi connectivity index (χ4v) is 3.38. The van der Waals surface area contributed by atoms with Crippen molar-refractivity contribution in [1.82, 2.24) is 15.5 Å². The van der Waals surface area contributed by atoms with Crippen LogP contribution in [-0.2, 0) is 11.3 Å². The fourth-order valence-electron chi connectivity index (χ4n) is 2.16. The van der Waals surface area contributed by atoms with Crippen LogP contribution in [0.15, 0.2) is 40.7 Å². The number of guanidine groups is 1. The molecule has 9 heteroatoms. The normalized spacial score (nSPS) is 12.1. The number of likely N-dealkylation sites (N-methyl/N-ethyl adjacent to an activating group) is 1. The van der Waals surface area contributed by atoms with Gasteiger partial charge in [-0.25, -0.2) is 4.99 Å². The standard InChI is InChI=1S/C18H22Cl2N4OS.HI/c1-12(15-7-6-13(19)9-16(15)20)23-18(22-11-17(25)24(2)3)21-10-14-5-4-8-26-14;/h4-9,12H,10-11H2,1-3H3,(H2,21,22,23);1H. The van der Waals surface area contributed by atoms with E-state index in [1.165, 1.54) is 9.78 Å². The van der Waals surface area contributed by atoms with Crippen molar-refractivity contribution in [3.8, 4) is 0 Å². The van der Waals surface area contributed by atoms with Crippen LogP contribution < -0.4 is 10.6 Å². The third kappa shape index (κ3) is 7.85. The van der Waals surface area contributed by atoms with Gasteiger partial charge in [0.1, 0.15) is 6.54 Å². The number of hydrogen-bond acceptors (Lipinski definition) is 3. The summed E-state index contributed by atoms with van der Waals surface area (Å²) in [4.78, 5) is 18.9. The van der Waals surface area contributed by atoms with Crippen LogP contribution in [-0.4, -0.2) is 37.4 Å². The molecule has 27 heavy (non-hydrogen) atoms. The summed E-state index contributed by atoms with van der Waals surface area (Å²) in [5.74, 6) is 0.478. The van der Waals surface area contributed by atoms with E-state index in [4.69, 9.17) is 23.2 Å². The zero-order valence-corrected chi connectivity index (χ0v) is 20.0. The highest BCUT2D eigenvalue weighted by Gasteiger charge is 2.13. The topological polar surface area (TPSA) is 56.7 Å². The van der Waals surface area contributed by atoms with Crippen LogP contribution in [0.3, 0.4) is 0 Å². The highest BCUT2D eigenvalue weighted by Crippen LogP contribution is 2.26. The molecule has 0 radical (unpaired) electrons. The molecule has 2 rings (SSSR count). The molecular formula is C18H23Cl2IN4OS. The Morgan fingerprint density at radius 1 is 1.30 bits per heavy atom. The number of nitrogens with one attached hydrogen (secondary N) is 2. The SMILES string of the molecule is CC(NC(=NCC(=O)N(C)C)NCc1cccs1)c1ccc(Cl)cc1Cl.I. The first kappa shape index (κ1) is 24.0. The van der Waals surface area contributed by atoms with Crippen LogP contribution in [0.25, 0.3) is 0 Å². The summed E-state index contributed by atoms with van der Waals surface area (Å²) in [5.41, 5.74) is 0.903. The number of nitrogens with zero attached hydrogens (tertiary/aromatic N) is 2. The molecule has 0 aliphatic heterocycles. The molecule has 0 fully saturated rings. The van der Waals surface area contributed by atoms with Crippen molar-refractivity contribution in [2.45, 2.75) is 19.5 Å². The number of benzene rings is 1. The van der Waals surface area contributed by atoms with Crippen molar-refractivity contribution in [2.24, 2.45) is 4.99 Å². The smallest absolute Gasteiger partial charge is 0.243 e. The molecule has 0 aliphatic rings. The largest absolute Gasteiger partial charge is 0.351 e. The zero-order valence-electron chi connectivity index (χ0n) is 15.3. The average molecular weight is 541 g/mol. The maximum absolute atomic E-state index is 11.9. The van der Waals surface area contributed by atoms with Gasteiger partial charge < -0.3 is 15.5 Å². The van der Waals surface area contributed by atoms with E-state index in [0.717, 1.165) is 5.56 Å². The number of aliphatic imine (C=N–C) groups is 1. The highest BCUT2D eigenvalue weighted by atomic mass is 127. The molecule has 0 aliphatic carbocycles. The van der Waals surface area contributed by atoms with Gasteiger partial charge in [-0.05, 0) is 36.1 Å². The Morgan fingerprint density at radius 3 is 2.63 bits per heavy atom. The molecule has 0 spiro atoms. The Morgan fingerprint density at radius 2 is 2.04 bits per heavy atom. The van der Waals surface area contributed by atoms with Gasteiger partial charge in [0, 0.05) is 29.0 Å². The lowest BCUT2D eigenvalue weighted by Gasteiger charge is -2.20. The molecule has 1 unspecified atom stereocenters. The molecule has 1 heterocycles. The van der Waals surface area contributed by atoms with Gasteiger partial charge in [0.15, 0.2) is 5.96 Å². The summed E-state index contributed by atoms with van der Waals surface area (Å²) >= 11 is 13.9. The molecule has 2 N–H and O–H groups in total. The maximum atomic E-state index is 11.9. The highest BCUT2D eigenvalue weighted by molar-refractivity contribution is 14.0. The Balaban J connectivity index is 0.00000364. The van der Waals surface area contributed by atoms with Gasteiger partial charge in [-0.1, -0.05) is 35.3 Å². The van der Waals surface area contributed by atoms with E-state index < -0.39 is 0 Å². The third-order valence-electron chi connectivity index (χ3n) is 3.66. The summed E-state index contributed by atoms with van der Waals surface area (Å²) < 4.78 is 0. The predicted molar refractivity (Wildman–Crippen MR) is 126 cm³/mol. The second-order valence-electron chi connectivity index (χ2n) is 5.92. The van der Waals surface area contributed by atoms with Crippen molar-refractivity contribution >= 4 is 70.4 Å². The summed E-state index contributed by atoms with van der Waals surface area (Å²) in [5, 5.41) is 9.75. The van der Waals surface area contributed by atoms with Crippen molar-refractivity contribution < 1.29 is 4.79 Å². The molecule has 0 saturated heterocycles. The van der Waals surface area contributed by atoms with E-state index in [-0.39, 0.29) is 42.5 Å². The van der Waals surface area contributed by atoms with Gasteiger partial charge in [-0.15, -0.1) is 35.3 Å². The Bertz CT molecular complexity index is 769. The van der Waals surface area contributed by atoms with Crippen LogP contribution in [0.1, 0.15) is 23.4 Å². The third-order valence-corrected chi connectivity index (χ3v) is 5.10. The van der Waals surface area contributed by atoms with E-state index in [1.54, 1.807) is 37.6 Å². The van der Waals surface area contributed by atoms with E-state index in [2.05, 4.69) is 15.6 Å². The number of thiophene rings is 1. The first-order chi connectivity index (χ1) is 12.4. The number of halogens is 3. The first-order valence-electron chi connectivity index (χ1n) is 8.09. The molecule has 1 aromatic carbocycles. The molecule has 1 atom stereocenters. The van der Waals surface area contributed by atoms with E-state index in [0.29, 0.717) is 22.5 Å². The minimum atomic E-state index is -0.108. The molecule has 0 saturated carbocycles. The lowest BCUT2D eigenvalue weighted by molar-refractivity contribution is -0.127. The molecule has 2 aromatic rings. The number of carbonyl (C=O) groups excluding carboxylic acids is 1. The van der Waals surface area contributed by atoms with Crippen LogP contribution in [0.5, 0.6) is 0 Å². The second-order valence-corrected chi connectivity index (χ2v) is 7.79. The summed E-state index contributed by atoms with van der Waals surface area (Å²) in [6.07, 6.45) is 0. The minimum absolute atomic E-state index is 0. The molecule has 148 valence electrons. The number of carbonyl (C=O) groups is 1. The van der Waals surface area contributed by atoms with Gasteiger partial charge in [-0.2, -0.15) is 0 Å². The van der Waals surface area contributed by atoms with Gasteiger partial charge in [0.25, 0.3) is 0 Å². The lowest BCUT2D eigenvalue weighted by atomic mass is 10.1. The first-order valence-corrected chi connectivity index (χ1v) is 9.72.